The number of aromatic nitrogens is 2. The summed E-state index contributed by atoms with van der Waals surface area (Å²) in [7, 11) is 1.77. The van der Waals surface area contributed by atoms with Crippen LogP contribution in [0.4, 0.5) is 11.8 Å². The number of nitriles is 1. The van der Waals surface area contributed by atoms with E-state index in [0.717, 1.165) is 44.9 Å². The lowest BCUT2D eigenvalue weighted by atomic mass is 9.93. The highest BCUT2D eigenvalue weighted by atomic mass is 16.5. The molecular formula is C18H27N5O2. The minimum atomic E-state index is -0.271. The van der Waals surface area contributed by atoms with Gasteiger partial charge in [-0.3, -0.25) is 0 Å². The molecule has 2 atom stereocenters. The van der Waals surface area contributed by atoms with Gasteiger partial charge >= 0.3 is 0 Å². The summed E-state index contributed by atoms with van der Waals surface area (Å²) < 4.78 is 5.41. The van der Waals surface area contributed by atoms with E-state index in [1.807, 2.05) is 0 Å². The van der Waals surface area contributed by atoms with Crippen LogP contribution in [0.5, 0.6) is 0 Å². The van der Waals surface area contributed by atoms with Gasteiger partial charge in [0.25, 0.3) is 0 Å². The van der Waals surface area contributed by atoms with E-state index in [-0.39, 0.29) is 12.1 Å². The number of nitrogens with one attached hydrogen (secondary N) is 2. The predicted octanol–water partition coefficient (Wildman–Crippen LogP) is 2.43. The third kappa shape index (κ3) is 4.80. The zero-order valence-electron chi connectivity index (χ0n) is 14.7. The quantitative estimate of drug-likeness (QED) is 0.753. The molecule has 0 amide bonds. The Bertz CT molecular complexity index is 610. The Morgan fingerprint density at radius 2 is 1.96 bits per heavy atom. The Morgan fingerprint density at radius 1 is 1.16 bits per heavy atom. The molecule has 0 saturated heterocycles. The standard InChI is InChI=1S/C18H27N5O2/c1-25-16-7-5-13(6-8-16)22-18-20-11-12(10-19)17(23-18)21-14-3-2-4-15(24)9-14/h11,13-16,24H,2-9H2,1H3,(H2,20,21,22,23)/t13-,14-,15-,16-/m1/s1. The molecule has 3 rings (SSSR count). The summed E-state index contributed by atoms with van der Waals surface area (Å²) in [6.07, 6.45) is 9.29. The van der Waals surface area contributed by atoms with Gasteiger partial charge in [-0.25, -0.2) is 4.98 Å². The van der Waals surface area contributed by atoms with E-state index in [1.54, 1.807) is 13.3 Å². The minimum Gasteiger partial charge on any atom is -0.393 e. The number of aliphatic hydroxyl groups excluding tert-OH is 1. The normalized spacial score (nSPS) is 29.6. The smallest absolute Gasteiger partial charge is 0.224 e. The number of rotatable bonds is 5. The summed E-state index contributed by atoms with van der Waals surface area (Å²) >= 11 is 0. The fourth-order valence-electron chi connectivity index (χ4n) is 3.76. The number of aliphatic hydroxyl groups is 1. The Balaban J connectivity index is 1.64. The molecule has 7 heteroatoms. The van der Waals surface area contributed by atoms with Crippen molar-refractivity contribution in [3.05, 3.63) is 11.8 Å². The van der Waals surface area contributed by atoms with Gasteiger partial charge in [0.1, 0.15) is 17.5 Å². The maximum atomic E-state index is 9.84. The van der Waals surface area contributed by atoms with Crippen molar-refractivity contribution in [2.75, 3.05) is 17.7 Å². The average Bonchev–Trinajstić information content (AvgIpc) is 2.63. The number of ether oxygens (including phenoxy) is 1. The second kappa shape index (κ2) is 8.45. The monoisotopic (exact) mass is 345 g/mol. The van der Waals surface area contributed by atoms with Crippen molar-refractivity contribution >= 4 is 11.8 Å². The maximum absolute atomic E-state index is 9.84. The van der Waals surface area contributed by atoms with Crippen LogP contribution in [0.3, 0.4) is 0 Å². The molecule has 0 spiro atoms. The van der Waals surface area contributed by atoms with Crippen molar-refractivity contribution in [3.63, 3.8) is 0 Å². The molecule has 1 heterocycles. The first-order valence-electron chi connectivity index (χ1n) is 9.19. The van der Waals surface area contributed by atoms with Gasteiger partial charge in [-0.1, -0.05) is 0 Å². The van der Waals surface area contributed by atoms with Gasteiger partial charge in [-0.05, 0) is 51.4 Å². The maximum Gasteiger partial charge on any atom is 0.224 e. The van der Waals surface area contributed by atoms with Crippen LogP contribution in [0.1, 0.15) is 56.9 Å². The van der Waals surface area contributed by atoms with Gasteiger partial charge in [0.2, 0.25) is 5.95 Å². The molecule has 2 aliphatic rings. The first-order chi connectivity index (χ1) is 12.2. The second-order valence-corrected chi connectivity index (χ2v) is 7.08. The molecule has 136 valence electrons. The van der Waals surface area contributed by atoms with Gasteiger partial charge in [-0.2, -0.15) is 10.2 Å². The zero-order chi connectivity index (χ0) is 17.6. The fraction of sp³-hybridized carbons (Fsp3) is 0.722. The van der Waals surface area contributed by atoms with Crippen LogP contribution in [0.15, 0.2) is 6.20 Å². The number of nitrogens with zero attached hydrogens (tertiary/aromatic N) is 3. The van der Waals surface area contributed by atoms with Gasteiger partial charge in [0, 0.05) is 19.2 Å². The van der Waals surface area contributed by atoms with E-state index in [0.29, 0.717) is 35.9 Å². The number of methoxy groups -OCH3 is 1. The van der Waals surface area contributed by atoms with Crippen molar-refractivity contribution < 1.29 is 9.84 Å². The summed E-state index contributed by atoms with van der Waals surface area (Å²) in [5.41, 5.74) is 0.439. The Kier molecular flexibility index (Phi) is 6.05. The Hall–Kier alpha value is -1.91. The first-order valence-corrected chi connectivity index (χ1v) is 9.19. The molecule has 0 radical (unpaired) electrons. The summed E-state index contributed by atoms with van der Waals surface area (Å²) in [5, 5.41) is 25.9. The summed E-state index contributed by atoms with van der Waals surface area (Å²) in [4.78, 5) is 8.81. The van der Waals surface area contributed by atoms with Crippen LogP contribution in [0.25, 0.3) is 0 Å². The van der Waals surface area contributed by atoms with Gasteiger partial charge in [-0.15, -0.1) is 0 Å². The van der Waals surface area contributed by atoms with E-state index in [9.17, 15) is 10.4 Å². The molecule has 3 N–H and O–H groups in total. The SMILES string of the molecule is CO[C@H]1CC[C@H](Nc2ncc(C#N)c(N[C@@H]3CCC[C@@H](O)C3)n2)CC1. The summed E-state index contributed by atoms with van der Waals surface area (Å²) in [5.74, 6) is 1.11. The third-order valence-corrected chi connectivity index (χ3v) is 5.24. The molecule has 1 aromatic heterocycles. The predicted molar refractivity (Wildman–Crippen MR) is 95.3 cm³/mol. The molecule has 1 aromatic rings. The van der Waals surface area contributed by atoms with Crippen molar-refractivity contribution in [2.45, 2.75) is 75.7 Å². The van der Waals surface area contributed by atoms with Crippen LogP contribution in [-0.2, 0) is 4.74 Å². The molecule has 0 aromatic carbocycles. The van der Waals surface area contributed by atoms with Crippen LogP contribution in [0, 0.1) is 11.3 Å². The van der Waals surface area contributed by atoms with Gasteiger partial charge < -0.3 is 20.5 Å². The van der Waals surface area contributed by atoms with Crippen molar-refractivity contribution in [1.29, 1.82) is 5.26 Å². The molecule has 0 aliphatic heterocycles. The van der Waals surface area contributed by atoms with E-state index >= 15 is 0 Å². The Labute approximate surface area is 148 Å². The highest BCUT2D eigenvalue weighted by molar-refractivity contribution is 5.54. The zero-order valence-corrected chi connectivity index (χ0v) is 14.7. The lowest BCUT2D eigenvalue weighted by Crippen LogP contribution is -2.31. The minimum absolute atomic E-state index is 0.149. The van der Waals surface area contributed by atoms with Crippen LogP contribution in [0.2, 0.25) is 0 Å². The van der Waals surface area contributed by atoms with E-state index in [2.05, 4.69) is 26.7 Å². The van der Waals surface area contributed by atoms with Gasteiger partial charge in [0.15, 0.2) is 0 Å². The molecule has 0 bridgehead atoms. The van der Waals surface area contributed by atoms with Crippen LogP contribution < -0.4 is 10.6 Å². The van der Waals surface area contributed by atoms with Crippen molar-refractivity contribution in [3.8, 4) is 6.07 Å². The molecule has 0 unspecified atom stereocenters. The molecule has 2 fully saturated rings. The topological polar surface area (TPSA) is 103 Å². The second-order valence-electron chi connectivity index (χ2n) is 7.08. The van der Waals surface area contributed by atoms with Gasteiger partial charge in [0.05, 0.1) is 18.4 Å². The molecule has 2 aliphatic carbocycles. The third-order valence-electron chi connectivity index (χ3n) is 5.24. The molecule has 2 saturated carbocycles. The van der Waals surface area contributed by atoms with E-state index in [1.165, 1.54) is 0 Å². The van der Waals surface area contributed by atoms with Crippen molar-refractivity contribution in [2.24, 2.45) is 0 Å². The van der Waals surface area contributed by atoms with Crippen molar-refractivity contribution in [1.82, 2.24) is 9.97 Å². The van der Waals surface area contributed by atoms with E-state index < -0.39 is 0 Å². The molecule has 25 heavy (non-hydrogen) atoms. The fourth-order valence-corrected chi connectivity index (χ4v) is 3.76. The molecule has 7 nitrogen and oxygen atoms in total. The molecular weight excluding hydrogens is 318 g/mol. The lowest BCUT2D eigenvalue weighted by molar-refractivity contribution is 0.0681. The van der Waals surface area contributed by atoms with Crippen LogP contribution in [-0.4, -0.2) is 46.5 Å². The first kappa shape index (κ1) is 17.9. The van der Waals surface area contributed by atoms with E-state index in [4.69, 9.17) is 4.74 Å². The summed E-state index contributed by atoms with van der Waals surface area (Å²) in [6.45, 7) is 0. The Morgan fingerprint density at radius 3 is 2.64 bits per heavy atom. The lowest BCUT2D eigenvalue weighted by Gasteiger charge is -2.29. The number of hydrogen-bond donors (Lipinski definition) is 3. The average molecular weight is 345 g/mol. The van der Waals surface area contributed by atoms with Crippen LogP contribution >= 0.6 is 0 Å². The number of anilines is 2. The summed E-state index contributed by atoms with van der Waals surface area (Å²) in [6, 6.07) is 2.63. The highest BCUT2D eigenvalue weighted by Crippen LogP contribution is 2.25. The highest BCUT2D eigenvalue weighted by Gasteiger charge is 2.23. The largest absolute Gasteiger partial charge is 0.393 e. The number of hydrogen-bond acceptors (Lipinski definition) is 7.